The van der Waals surface area contributed by atoms with E-state index in [-0.39, 0.29) is 24.4 Å². The number of nitrogens with one attached hydrogen (secondary N) is 1. The van der Waals surface area contributed by atoms with Crippen LogP contribution in [0.4, 0.5) is 5.69 Å². The van der Waals surface area contributed by atoms with Crippen molar-refractivity contribution in [3.8, 4) is 0 Å². The van der Waals surface area contributed by atoms with E-state index in [0.717, 1.165) is 0 Å². The van der Waals surface area contributed by atoms with Gasteiger partial charge < -0.3 is 15.8 Å². The molecule has 1 aromatic rings. The first kappa shape index (κ1) is 16.0. The van der Waals surface area contributed by atoms with E-state index in [4.69, 9.17) is 22.1 Å². The van der Waals surface area contributed by atoms with Crippen molar-refractivity contribution in [3.05, 3.63) is 28.8 Å². The number of benzene rings is 1. The number of carbonyl (C=O) groups excluding carboxylic acids is 1. The average Bonchev–Trinajstić information content (AvgIpc) is 2.25. The first-order valence-corrected chi connectivity index (χ1v) is 5.28. The minimum atomic E-state index is -0.228. The summed E-state index contributed by atoms with van der Waals surface area (Å²) in [6.07, 6.45) is -0.0310. The van der Waals surface area contributed by atoms with Crippen LogP contribution in [0.1, 0.15) is 17.3 Å². The van der Waals surface area contributed by atoms with Crippen molar-refractivity contribution in [1.29, 1.82) is 0 Å². The van der Waals surface area contributed by atoms with Crippen molar-refractivity contribution in [2.45, 2.75) is 13.0 Å². The molecule has 0 aliphatic rings. The fourth-order valence-corrected chi connectivity index (χ4v) is 1.41. The van der Waals surface area contributed by atoms with Crippen LogP contribution in [-0.4, -0.2) is 25.7 Å². The number of rotatable bonds is 4. The molecule has 17 heavy (non-hydrogen) atoms. The molecule has 0 heterocycles. The van der Waals surface area contributed by atoms with Crippen molar-refractivity contribution in [2.75, 3.05) is 19.4 Å². The third-order valence-corrected chi connectivity index (χ3v) is 2.50. The van der Waals surface area contributed by atoms with Crippen LogP contribution in [0.5, 0.6) is 0 Å². The van der Waals surface area contributed by atoms with Gasteiger partial charge in [-0.1, -0.05) is 11.6 Å². The maximum Gasteiger partial charge on any atom is 0.252 e. The topological polar surface area (TPSA) is 64.3 Å². The Bertz CT molecular complexity index is 386. The highest BCUT2D eigenvalue weighted by molar-refractivity contribution is 6.34. The quantitative estimate of drug-likeness (QED) is 0.830. The number of hydrogen-bond donors (Lipinski definition) is 2. The molecule has 1 amide bonds. The van der Waals surface area contributed by atoms with Gasteiger partial charge in [0.05, 0.1) is 16.7 Å². The van der Waals surface area contributed by atoms with Gasteiger partial charge in [-0.25, -0.2) is 0 Å². The van der Waals surface area contributed by atoms with Gasteiger partial charge in [-0.15, -0.1) is 12.4 Å². The van der Waals surface area contributed by atoms with E-state index in [2.05, 4.69) is 5.32 Å². The molecule has 96 valence electrons. The third-order valence-electron chi connectivity index (χ3n) is 2.19. The molecule has 1 unspecified atom stereocenters. The molecular weight excluding hydrogens is 263 g/mol. The number of anilines is 1. The van der Waals surface area contributed by atoms with Crippen LogP contribution < -0.4 is 11.1 Å². The molecule has 1 atom stereocenters. The molecule has 0 saturated carbocycles. The lowest BCUT2D eigenvalue weighted by Gasteiger charge is -2.11. The van der Waals surface area contributed by atoms with E-state index in [1.54, 1.807) is 25.3 Å². The van der Waals surface area contributed by atoms with Crippen LogP contribution in [0.2, 0.25) is 5.02 Å². The van der Waals surface area contributed by atoms with Gasteiger partial charge in [-0.05, 0) is 25.1 Å². The Hall–Kier alpha value is -0.970. The summed E-state index contributed by atoms with van der Waals surface area (Å²) in [6.45, 7) is 2.31. The number of carbonyl (C=O) groups is 1. The molecular formula is C11H16Cl2N2O2. The fraction of sp³-hybridized carbons (Fsp3) is 0.364. The predicted molar refractivity (Wildman–Crippen MR) is 71.9 cm³/mol. The van der Waals surface area contributed by atoms with Crippen molar-refractivity contribution in [1.82, 2.24) is 5.32 Å². The third kappa shape index (κ3) is 4.81. The molecule has 0 aliphatic heterocycles. The molecule has 0 radical (unpaired) electrons. The van der Waals surface area contributed by atoms with E-state index < -0.39 is 0 Å². The lowest BCUT2D eigenvalue weighted by molar-refractivity contribution is 0.0870. The van der Waals surface area contributed by atoms with E-state index in [0.29, 0.717) is 22.8 Å². The molecule has 0 fully saturated rings. The predicted octanol–water partition coefficient (Wildman–Crippen LogP) is 2.11. The zero-order valence-corrected chi connectivity index (χ0v) is 11.3. The second kappa shape index (κ2) is 7.37. The second-order valence-electron chi connectivity index (χ2n) is 3.50. The molecule has 0 saturated heterocycles. The van der Waals surface area contributed by atoms with Crippen LogP contribution in [0.25, 0.3) is 0 Å². The maximum absolute atomic E-state index is 11.7. The number of nitrogen functional groups attached to an aromatic ring is 1. The van der Waals surface area contributed by atoms with Gasteiger partial charge in [0.1, 0.15) is 0 Å². The molecule has 0 aromatic heterocycles. The summed E-state index contributed by atoms with van der Waals surface area (Å²) in [7, 11) is 1.59. The fourth-order valence-electron chi connectivity index (χ4n) is 1.13. The highest BCUT2D eigenvalue weighted by atomic mass is 35.5. The van der Waals surface area contributed by atoms with Crippen molar-refractivity contribution in [3.63, 3.8) is 0 Å². The summed E-state index contributed by atoms with van der Waals surface area (Å²) in [5.41, 5.74) is 6.49. The van der Waals surface area contributed by atoms with Crippen LogP contribution in [0.3, 0.4) is 0 Å². The Kier molecular flexibility index (Phi) is 6.95. The van der Waals surface area contributed by atoms with E-state index in [1.807, 2.05) is 6.92 Å². The SMILES string of the molecule is COC(C)CNC(=O)c1ccc(N)cc1Cl.Cl. The monoisotopic (exact) mass is 278 g/mol. The van der Waals surface area contributed by atoms with Crippen LogP contribution in [0.15, 0.2) is 18.2 Å². The van der Waals surface area contributed by atoms with Gasteiger partial charge in [-0.3, -0.25) is 4.79 Å². The number of methoxy groups -OCH3 is 1. The molecule has 1 rings (SSSR count). The summed E-state index contributed by atoms with van der Waals surface area (Å²) >= 11 is 5.90. The van der Waals surface area contributed by atoms with Crippen molar-refractivity contribution in [2.24, 2.45) is 0 Å². The van der Waals surface area contributed by atoms with E-state index in [9.17, 15) is 4.79 Å². The highest BCUT2D eigenvalue weighted by Crippen LogP contribution is 2.18. The summed E-state index contributed by atoms with van der Waals surface area (Å²) in [4.78, 5) is 11.7. The molecule has 1 aromatic carbocycles. The van der Waals surface area contributed by atoms with E-state index >= 15 is 0 Å². The molecule has 0 bridgehead atoms. The van der Waals surface area contributed by atoms with Crippen LogP contribution in [0, 0.1) is 0 Å². The largest absolute Gasteiger partial charge is 0.399 e. The number of hydrogen-bond acceptors (Lipinski definition) is 3. The Morgan fingerprint density at radius 3 is 2.76 bits per heavy atom. The number of halogens is 2. The Morgan fingerprint density at radius 2 is 2.24 bits per heavy atom. The standard InChI is InChI=1S/C11H15ClN2O2.ClH/c1-7(16-2)6-14-11(15)9-4-3-8(13)5-10(9)12;/h3-5,7H,6,13H2,1-2H3,(H,14,15);1H. The molecule has 3 N–H and O–H groups in total. The Labute approximate surface area is 112 Å². The lowest BCUT2D eigenvalue weighted by Crippen LogP contribution is -2.31. The van der Waals surface area contributed by atoms with Gasteiger partial charge in [0, 0.05) is 19.3 Å². The smallest absolute Gasteiger partial charge is 0.252 e. The molecule has 0 aliphatic carbocycles. The van der Waals surface area contributed by atoms with Gasteiger partial charge in [0.15, 0.2) is 0 Å². The summed E-state index contributed by atoms with van der Waals surface area (Å²) in [5, 5.41) is 3.07. The molecule has 4 nitrogen and oxygen atoms in total. The number of amides is 1. The van der Waals surface area contributed by atoms with E-state index in [1.165, 1.54) is 0 Å². The number of ether oxygens (including phenoxy) is 1. The summed E-state index contributed by atoms with van der Waals surface area (Å²) < 4.78 is 5.02. The first-order valence-electron chi connectivity index (χ1n) is 4.90. The van der Waals surface area contributed by atoms with Crippen molar-refractivity contribution < 1.29 is 9.53 Å². The summed E-state index contributed by atoms with van der Waals surface area (Å²) in [6, 6.07) is 4.79. The van der Waals surface area contributed by atoms with Gasteiger partial charge >= 0.3 is 0 Å². The van der Waals surface area contributed by atoms with Crippen molar-refractivity contribution >= 4 is 35.6 Å². The number of nitrogens with two attached hydrogens (primary N) is 1. The maximum atomic E-state index is 11.7. The zero-order chi connectivity index (χ0) is 12.1. The van der Waals surface area contributed by atoms with Gasteiger partial charge in [-0.2, -0.15) is 0 Å². The Morgan fingerprint density at radius 1 is 1.59 bits per heavy atom. The Balaban J connectivity index is 0.00000256. The average molecular weight is 279 g/mol. The summed E-state index contributed by atoms with van der Waals surface area (Å²) in [5.74, 6) is -0.228. The van der Waals surface area contributed by atoms with Gasteiger partial charge in [0.2, 0.25) is 0 Å². The minimum Gasteiger partial charge on any atom is -0.399 e. The first-order chi connectivity index (χ1) is 7.54. The minimum absolute atomic E-state index is 0. The lowest BCUT2D eigenvalue weighted by atomic mass is 10.2. The molecule has 0 spiro atoms. The second-order valence-corrected chi connectivity index (χ2v) is 3.90. The van der Waals surface area contributed by atoms with Gasteiger partial charge in [0.25, 0.3) is 5.91 Å². The molecule has 6 heteroatoms. The highest BCUT2D eigenvalue weighted by Gasteiger charge is 2.11. The van der Waals surface area contributed by atoms with Crippen LogP contribution >= 0.6 is 24.0 Å². The normalized spacial score (nSPS) is 11.5. The zero-order valence-electron chi connectivity index (χ0n) is 9.70. The van der Waals surface area contributed by atoms with Crippen LogP contribution in [-0.2, 0) is 4.74 Å².